The van der Waals surface area contributed by atoms with Crippen molar-refractivity contribution < 1.29 is 4.79 Å². The smallest absolute Gasteiger partial charge is 0.224 e. The molecule has 5 heteroatoms. The first kappa shape index (κ1) is 11.2. The number of nitrogens with zero attached hydrogens (tertiary/aromatic N) is 3. The summed E-state index contributed by atoms with van der Waals surface area (Å²) in [6, 6.07) is 3.60. The van der Waals surface area contributed by atoms with E-state index < -0.39 is 0 Å². The van der Waals surface area contributed by atoms with Gasteiger partial charge in [-0.25, -0.2) is 0 Å². The highest BCUT2D eigenvalue weighted by Crippen LogP contribution is 2.14. The normalized spacial score (nSPS) is 9.94. The van der Waals surface area contributed by atoms with E-state index in [1.165, 1.54) is 0 Å². The molecule has 0 aliphatic rings. The highest BCUT2D eigenvalue weighted by atomic mass is 16.1. The molecule has 2 rings (SSSR count). The van der Waals surface area contributed by atoms with E-state index in [9.17, 15) is 4.79 Å². The van der Waals surface area contributed by atoms with Gasteiger partial charge in [0.15, 0.2) is 0 Å². The number of carbonyl (C=O) groups is 1. The van der Waals surface area contributed by atoms with Gasteiger partial charge in [-0.1, -0.05) is 6.92 Å². The topological polar surface area (TPSA) is 67.8 Å². The van der Waals surface area contributed by atoms with Crippen molar-refractivity contribution in [2.24, 2.45) is 0 Å². The summed E-state index contributed by atoms with van der Waals surface area (Å²) in [5, 5.41) is 2.73. The molecule has 0 bridgehead atoms. The summed E-state index contributed by atoms with van der Waals surface area (Å²) < 4.78 is 0. The number of hydrogen-bond acceptors (Lipinski definition) is 4. The predicted molar refractivity (Wildman–Crippen MR) is 64.2 cm³/mol. The van der Waals surface area contributed by atoms with Crippen LogP contribution in [0.2, 0.25) is 0 Å². The third-order valence-electron chi connectivity index (χ3n) is 2.19. The third kappa shape index (κ3) is 2.84. The Hall–Kier alpha value is -2.30. The summed E-state index contributed by atoms with van der Waals surface area (Å²) in [5.41, 5.74) is 2.12. The molecule has 1 amide bonds. The van der Waals surface area contributed by atoms with Crippen LogP contribution in [-0.2, 0) is 4.79 Å². The number of pyridine rings is 1. The quantitative estimate of drug-likeness (QED) is 0.871. The van der Waals surface area contributed by atoms with Gasteiger partial charge in [-0.2, -0.15) is 0 Å². The summed E-state index contributed by atoms with van der Waals surface area (Å²) in [7, 11) is 0. The lowest BCUT2D eigenvalue weighted by atomic mass is 10.2. The molecular formula is C12H12N4O. The second-order valence-corrected chi connectivity index (χ2v) is 3.42. The minimum Gasteiger partial charge on any atom is -0.325 e. The number of amides is 1. The molecule has 0 aromatic carbocycles. The van der Waals surface area contributed by atoms with Gasteiger partial charge in [0.05, 0.1) is 23.8 Å². The van der Waals surface area contributed by atoms with Crippen LogP contribution in [0.3, 0.4) is 0 Å². The van der Waals surface area contributed by atoms with E-state index >= 15 is 0 Å². The first-order chi connectivity index (χ1) is 8.29. The van der Waals surface area contributed by atoms with Crippen LogP contribution in [0.1, 0.15) is 13.3 Å². The molecule has 0 saturated carbocycles. The monoisotopic (exact) mass is 228 g/mol. The number of rotatable bonds is 3. The zero-order valence-corrected chi connectivity index (χ0v) is 9.42. The molecule has 1 N–H and O–H groups in total. The van der Waals surface area contributed by atoms with E-state index in [1.54, 1.807) is 43.8 Å². The Morgan fingerprint density at radius 1 is 1.18 bits per heavy atom. The van der Waals surface area contributed by atoms with Crippen LogP contribution in [0.25, 0.3) is 11.4 Å². The van der Waals surface area contributed by atoms with Gasteiger partial charge in [0.25, 0.3) is 0 Å². The SMILES string of the molecule is CCC(=O)Nc1ccc(-c2cnccn2)nc1. The summed E-state index contributed by atoms with van der Waals surface area (Å²) >= 11 is 0. The fraction of sp³-hybridized carbons (Fsp3) is 0.167. The van der Waals surface area contributed by atoms with Crippen molar-refractivity contribution in [3.63, 3.8) is 0 Å². The maximum absolute atomic E-state index is 11.2. The fourth-order valence-electron chi connectivity index (χ4n) is 1.30. The third-order valence-corrected chi connectivity index (χ3v) is 2.19. The Morgan fingerprint density at radius 3 is 2.65 bits per heavy atom. The lowest BCUT2D eigenvalue weighted by molar-refractivity contribution is -0.115. The van der Waals surface area contributed by atoms with Gasteiger partial charge >= 0.3 is 0 Å². The van der Waals surface area contributed by atoms with Crippen molar-refractivity contribution in [1.82, 2.24) is 15.0 Å². The molecule has 5 nitrogen and oxygen atoms in total. The first-order valence-electron chi connectivity index (χ1n) is 5.32. The van der Waals surface area contributed by atoms with Crippen molar-refractivity contribution in [3.8, 4) is 11.4 Å². The second kappa shape index (κ2) is 5.16. The van der Waals surface area contributed by atoms with E-state index in [4.69, 9.17) is 0 Å². The Kier molecular flexibility index (Phi) is 3.40. The Bertz CT molecular complexity index is 496. The molecule has 2 aromatic heterocycles. The molecule has 0 atom stereocenters. The van der Waals surface area contributed by atoms with E-state index in [0.717, 1.165) is 5.69 Å². The molecule has 0 aliphatic heterocycles. The second-order valence-electron chi connectivity index (χ2n) is 3.42. The van der Waals surface area contributed by atoms with Crippen LogP contribution in [0.4, 0.5) is 5.69 Å². The molecule has 2 aromatic rings. The highest BCUT2D eigenvalue weighted by Gasteiger charge is 2.02. The lowest BCUT2D eigenvalue weighted by Gasteiger charge is -2.03. The van der Waals surface area contributed by atoms with Crippen LogP contribution in [0.5, 0.6) is 0 Å². The minimum atomic E-state index is -0.0287. The van der Waals surface area contributed by atoms with Crippen molar-refractivity contribution in [1.29, 1.82) is 0 Å². The van der Waals surface area contributed by atoms with Crippen LogP contribution < -0.4 is 5.32 Å². The molecule has 0 fully saturated rings. The molecule has 86 valence electrons. The van der Waals surface area contributed by atoms with Gasteiger partial charge in [0.1, 0.15) is 5.69 Å². The molecular weight excluding hydrogens is 216 g/mol. The Labute approximate surface area is 99.0 Å². The van der Waals surface area contributed by atoms with Gasteiger partial charge < -0.3 is 5.32 Å². The number of nitrogens with one attached hydrogen (secondary N) is 1. The maximum atomic E-state index is 11.2. The van der Waals surface area contributed by atoms with Crippen LogP contribution in [0.15, 0.2) is 36.9 Å². The van der Waals surface area contributed by atoms with Crippen LogP contribution in [0, 0.1) is 0 Å². The number of hydrogen-bond donors (Lipinski definition) is 1. The number of aromatic nitrogens is 3. The molecule has 0 unspecified atom stereocenters. The average Bonchev–Trinajstić information content (AvgIpc) is 2.40. The van der Waals surface area contributed by atoms with Gasteiger partial charge in [-0.05, 0) is 12.1 Å². The predicted octanol–water partition coefficient (Wildman–Crippen LogP) is 1.89. The van der Waals surface area contributed by atoms with E-state index in [2.05, 4.69) is 20.3 Å². The molecule has 0 spiro atoms. The number of anilines is 1. The maximum Gasteiger partial charge on any atom is 0.224 e. The molecule has 17 heavy (non-hydrogen) atoms. The van der Waals surface area contributed by atoms with Crippen molar-refractivity contribution in [3.05, 3.63) is 36.9 Å². The van der Waals surface area contributed by atoms with E-state index in [-0.39, 0.29) is 5.91 Å². The van der Waals surface area contributed by atoms with Crippen molar-refractivity contribution >= 4 is 11.6 Å². The lowest BCUT2D eigenvalue weighted by Crippen LogP contribution is -2.09. The standard InChI is InChI=1S/C12H12N4O/c1-2-12(17)16-9-3-4-10(15-7-9)11-8-13-5-6-14-11/h3-8H,2H2,1H3,(H,16,17). The summed E-state index contributed by atoms with van der Waals surface area (Å²) in [6.07, 6.45) is 6.93. The van der Waals surface area contributed by atoms with Gasteiger partial charge in [0, 0.05) is 18.8 Å². The minimum absolute atomic E-state index is 0.0287. The average molecular weight is 228 g/mol. The zero-order valence-electron chi connectivity index (χ0n) is 9.42. The Morgan fingerprint density at radius 2 is 2.06 bits per heavy atom. The largest absolute Gasteiger partial charge is 0.325 e. The van der Waals surface area contributed by atoms with Crippen LogP contribution >= 0.6 is 0 Å². The van der Waals surface area contributed by atoms with Crippen LogP contribution in [-0.4, -0.2) is 20.9 Å². The summed E-state index contributed by atoms with van der Waals surface area (Å²) in [6.45, 7) is 1.80. The molecule has 0 radical (unpaired) electrons. The van der Waals surface area contributed by atoms with Crippen molar-refractivity contribution in [2.75, 3.05) is 5.32 Å². The molecule has 0 saturated heterocycles. The van der Waals surface area contributed by atoms with E-state index in [1.807, 2.05) is 0 Å². The van der Waals surface area contributed by atoms with E-state index in [0.29, 0.717) is 17.8 Å². The molecule has 2 heterocycles. The highest BCUT2D eigenvalue weighted by molar-refractivity contribution is 5.90. The first-order valence-corrected chi connectivity index (χ1v) is 5.32. The summed E-state index contributed by atoms with van der Waals surface area (Å²) in [5.74, 6) is -0.0287. The van der Waals surface area contributed by atoms with Crippen molar-refractivity contribution in [2.45, 2.75) is 13.3 Å². The van der Waals surface area contributed by atoms with Gasteiger partial charge in [0.2, 0.25) is 5.91 Å². The molecule has 0 aliphatic carbocycles. The number of carbonyl (C=O) groups excluding carboxylic acids is 1. The summed E-state index contributed by atoms with van der Waals surface area (Å²) in [4.78, 5) is 23.5. The Balaban J connectivity index is 2.16. The fourth-order valence-corrected chi connectivity index (χ4v) is 1.30. The van der Waals surface area contributed by atoms with Gasteiger partial charge in [-0.15, -0.1) is 0 Å². The zero-order chi connectivity index (χ0) is 12.1. The van der Waals surface area contributed by atoms with Gasteiger partial charge in [-0.3, -0.25) is 19.7 Å².